The van der Waals surface area contributed by atoms with E-state index in [1.54, 1.807) is 29.1 Å². The largest absolute Gasteiger partial charge is 0.395 e. The zero-order chi connectivity index (χ0) is 17.2. The number of nitrogens with zero attached hydrogens (tertiary/aromatic N) is 6. The van der Waals surface area contributed by atoms with E-state index in [1.807, 2.05) is 36.0 Å². The number of pyridine rings is 2. The third kappa shape index (κ3) is 5.49. The summed E-state index contributed by atoms with van der Waals surface area (Å²) in [7, 11) is 0. The smallest absolute Gasteiger partial charge is 0.250 e. The number of aliphatic hydroxyl groups is 2. The van der Waals surface area contributed by atoms with Crippen molar-refractivity contribution >= 4 is 11.5 Å². The van der Waals surface area contributed by atoms with Crippen LogP contribution in [0.15, 0.2) is 69.5 Å². The molecule has 0 atom stereocenters. The molecular formula is C16H21N6O2+. The normalized spacial score (nSPS) is 11.9. The summed E-state index contributed by atoms with van der Waals surface area (Å²) in [6.07, 6.45) is 7.70. The molecular weight excluding hydrogens is 308 g/mol. The van der Waals surface area contributed by atoms with Crippen molar-refractivity contribution in [3.63, 3.8) is 0 Å². The maximum absolute atomic E-state index is 8.97. The summed E-state index contributed by atoms with van der Waals surface area (Å²) in [5, 5.41) is 35.0. The number of hydrogen-bond donors (Lipinski definition) is 2. The maximum Gasteiger partial charge on any atom is 0.250 e. The van der Waals surface area contributed by atoms with E-state index in [0.717, 1.165) is 0 Å². The van der Waals surface area contributed by atoms with E-state index in [2.05, 4.69) is 20.4 Å². The third-order valence-electron chi connectivity index (χ3n) is 3.15. The van der Waals surface area contributed by atoms with Gasteiger partial charge in [0.1, 0.15) is 0 Å². The van der Waals surface area contributed by atoms with Gasteiger partial charge in [0.25, 0.3) is 0 Å². The topological polar surface area (TPSA) is 98.7 Å². The van der Waals surface area contributed by atoms with Crippen molar-refractivity contribution < 1.29 is 14.8 Å². The second kappa shape index (κ2) is 9.43. The van der Waals surface area contributed by atoms with Crippen LogP contribution in [0.25, 0.3) is 0 Å². The molecule has 0 saturated carbocycles. The zero-order valence-electron chi connectivity index (χ0n) is 13.5. The summed E-state index contributed by atoms with van der Waals surface area (Å²) in [5.74, 6) is 0.515. The first kappa shape index (κ1) is 17.6. The number of hydrogen-bond acceptors (Lipinski definition) is 5. The molecule has 0 amide bonds. The van der Waals surface area contributed by atoms with Crippen LogP contribution in [0, 0.1) is 0 Å². The SMILES string of the molecule is CCC(N=Nc1cc[n+](CO)cc1)=NN=c1ccn(CCO)cc1. The summed E-state index contributed by atoms with van der Waals surface area (Å²) in [6, 6.07) is 7.13. The fraction of sp³-hybridized carbons (Fsp3) is 0.312. The molecule has 2 heterocycles. The average Bonchev–Trinajstić information content (AvgIpc) is 2.64. The number of aromatic nitrogens is 2. The van der Waals surface area contributed by atoms with Gasteiger partial charge >= 0.3 is 0 Å². The predicted octanol–water partition coefficient (Wildman–Crippen LogP) is 1.13. The Bertz CT molecular complexity index is 744. The Labute approximate surface area is 139 Å². The Morgan fingerprint density at radius 2 is 1.83 bits per heavy atom. The minimum absolute atomic E-state index is 0.0760. The summed E-state index contributed by atoms with van der Waals surface area (Å²) < 4.78 is 3.47. The molecule has 126 valence electrons. The van der Waals surface area contributed by atoms with Crippen LogP contribution in [0.5, 0.6) is 0 Å². The molecule has 0 bridgehead atoms. The van der Waals surface area contributed by atoms with Crippen LogP contribution >= 0.6 is 0 Å². The van der Waals surface area contributed by atoms with Crippen molar-refractivity contribution in [3.05, 3.63) is 54.4 Å². The van der Waals surface area contributed by atoms with Gasteiger partial charge < -0.3 is 14.8 Å². The van der Waals surface area contributed by atoms with Gasteiger partial charge in [0.15, 0.2) is 18.2 Å². The van der Waals surface area contributed by atoms with E-state index >= 15 is 0 Å². The Morgan fingerprint density at radius 3 is 2.42 bits per heavy atom. The molecule has 0 unspecified atom stereocenters. The monoisotopic (exact) mass is 329 g/mol. The Morgan fingerprint density at radius 1 is 1.12 bits per heavy atom. The second-order valence-corrected chi connectivity index (χ2v) is 4.90. The third-order valence-corrected chi connectivity index (χ3v) is 3.15. The van der Waals surface area contributed by atoms with E-state index in [9.17, 15) is 0 Å². The molecule has 2 N–H and O–H groups in total. The van der Waals surface area contributed by atoms with Crippen molar-refractivity contribution in [2.45, 2.75) is 26.6 Å². The van der Waals surface area contributed by atoms with Crippen LogP contribution in [0.4, 0.5) is 5.69 Å². The van der Waals surface area contributed by atoms with Crippen molar-refractivity contribution in [1.29, 1.82) is 0 Å². The lowest BCUT2D eigenvalue weighted by atomic mass is 10.4. The van der Waals surface area contributed by atoms with E-state index in [-0.39, 0.29) is 13.3 Å². The molecule has 0 fully saturated rings. The van der Waals surface area contributed by atoms with Crippen molar-refractivity contribution in [3.8, 4) is 0 Å². The minimum Gasteiger partial charge on any atom is -0.395 e. The molecule has 0 spiro atoms. The fourth-order valence-corrected chi connectivity index (χ4v) is 1.78. The number of azo groups is 1. The molecule has 0 aliphatic carbocycles. The van der Waals surface area contributed by atoms with Gasteiger partial charge in [-0.1, -0.05) is 6.92 Å². The van der Waals surface area contributed by atoms with Gasteiger partial charge in [0.2, 0.25) is 6.73 Å². The lowest BCUT2D eigenvalue weighted by Gasteiger charge is -2.01. The molecule has 0 aliphatic rings. The van der Waals surface area contributed by atoms with Gasteiger partial charge in [-0.05, 0) is 12.1 Å². The van der Waals surface area contributed by atoms with Crippen LogP contribution < -0.4 is 9.92 Å². The maximum atomic E-state index is 8.97. The van der Waals surface area contributed by atoms with E-state index in [0.29, 0.717) is 29.8 Å². The van der Waals surface area contributed by atoms with E-state index in [1.165, 1.54) is 0 Å². The van der Waals surface area contributed by atoms with Crippen LogP contribution in [-0.2, 0) is 13.3 Å². The first-order valence-electron chi connectivity index (χ1n) is 7.64. The van der Waals surface area contributed by atoms with Crippen molar-refractivity contribution in [2.24, 2.45) is 20.4 Å². The summed E-state index contributed by atoms with van der Waals surface area (Å²) >= 11 is 0. The van der Waals surface area contributed by atoms with Crippen molar-refractivity contribution in [1.82, 2.24) is 4.57 Å². The van der Waals surface area contributed by atoms with Crippen LogP contribution in [0.1, 0.15) is 13.3 Å². The standard InChI is InChI=1S/C16H21N6O2/c1-2-16(20-18-15-5-9-22(13-24)10-6-15)19-17-14-3-7-21(8-4-14)11-12-23/h3-10,23-24H,2,11-13H2,1H3/q+1. The lowest BCUT2D eigenvalue weighted by molar-refractivity contribution is -0.729. The molecule has 8 nitrogen and oxygen atoms in total. The second-order valence-electron chi connectivity index (χ2n) is 4.90. The molecule has 2 aromatic heterocycles. The lowest BCUT2D eigenvalue weighted by Crippen LogP contribution is -2.31. The molecule has 0 radical (unpaired) electrons. The van der Waals surface area contributed by atoms with Gasteiger partial charge in [0.05, 0.1) is 17.7 Å². The van der Waals surface area contributed by atoms with Crippen LogP contribution in [-0.4, -0.2) is 27.2 Å². The number of amidine groups is 1. The molecule has 8 heteroatoms. The van der Waals surface area contributed by atoms with Gasteiger partial charge in [-0.15, -0.1) is 20.4 Å². The van der Waals surface area contributed by atoms with Gasteiger partial charge in [-0.25, -0.2) is 0 Å². The van der Waals surface area contributed by atoms with Gasteiger partial charge in [-0.3, -0.25) is 0 Å². The Balaban J connectivity index is 2.09. The van der Waals surface area contributed by atoms with Crippen molar-refractivity contribution in [2.75, 3.05) is 6.61 Å². The molecule has 24 heavy (non-hydrogen) atoms. The first-order valence-corrected chi connectivity index (χ1v) is 7.64. The molecule has 0 aromatic carbocycles. The highest BCUT2D eigenvalue weighted by atomic mass is 16.3. The molecule has 2 aromatic rings. The Hall–Kier alpha value is -2.71. The minimum atomic E-state index is -0.0760. The predicted molar refractivity (Wildman–Crippen MR) is 88.2 cm³/mol. The quantitative estimate of drug-likeness (QED) is 0.273. The first-order chi connectivity index (χ1) is 11.7. The van der Waals surface area contributed by atoms with Crippen LogP contribution in [0.2, 0.25) is 0 Å². The van der Waals surface area contributed by atoms with E-state index < -0.39 is 0 Å². The highest BCUT2D eigenvalue weighted by Crippen LogP contribution is 2.09. The molecule has 0 aliphatic heterocycles. The summed E-state index contributed by atoms with van der Waals surface area (Å²) in [4.78, 5) is 0. The fourth-order valence-electron chi connectivity index (χ4n) is 1.78. The highest BCUT2D eigenvalue weighted by Gasteiger charge is 1.98. The Kier molecular flexibility index (Phi) is 6.93. The summed E-state index contributed by atoms with van der Waals surface area (Å²) in [5.41, 5.74) is 0.672. The van der Waals surface area contributed by atoms with Gasteiger partial charge in [-0.2, -0.15) is 4.57 Å². The van der Waals surface area contributed by atoms with Gasteiger partial charge in [0, 0.05) is 37.5 Å². The van der Waals surface area contributed by atoms with Crippen LogP contribution in [0.3, 0.4) is 0 Å². The number of aliphatic hydroxyl groups excluding tert-OH is 2. The average molecular weight is 329 g/mol. The zero-order valence-corrected chi connectivity index (χ0v) is 13.5. The molecule has 0 saturated heterocycles. The highest BCUT2D eigenvalue weighted by molar-refractivity contribution is 5.82. The van der Waals surface area contributed by atoms with E-state index in [4.69, 9.17) is 10.2 Å². The summed E-state index contributed by atoms with van der Waals surface area (Å²) in [6.45, 7) is 2.49. The molecule has 2 rings (SSSR count). The number of rotatable bonds is 6.